The van der Waals surface area contributed by atoms with Crippen LogP contribution in [0.15, 0.2) is 24.3 Å². The summed E-state index contributed by atoms with van der Waals surface area (Å²) in [6.45, 7) is 5.89. The second kappa shape index (κ2) is 5.32. The Kier molecular flexibility index (Phi) is 3.79. The monoisotopic (exact) mass is 232 g/mol. The molecule has 1 atom stereocenters. The van der Waals surface area contributed by atoms with E-state index in [-0.39, 0.29) is 5.91 Å². The van der Waals surface area contributed by atoms with Crippen molar-refractivity contribution in [2.45, 2.75) is 32.7 Å². The van der Waals surface area contributed by atoms with Crippen LogP contribution in [0.2, 0.25) is 0 Å². The summed E-state index contributed by atoms with van der Waals surface area (Å²) in [4.78, 5) is 13.9. The van der Waals surface area contributed by atoms with Crippen LogP contribution in [0.1, 0.15) is 25.8 Å². The van der Waals surface area contributed by atoms with Crippen molar-refractivity contribution in [3.05, 3.63) is 29.8 Å². The summed E-state index contributed by atoms with van der Waals surface area (Å²) in [5.41, 5.74) is 2.38. The molecule has 1 N–H and O–H groups in total. The number of para-hydroxylation sites is 1. The van der Waals surface area contributed by atoms with E-state index in [1.807, 2.05) is 23.1 Å². The van der Waals surface area contributed by atoms with Gasteiger partial charge >= 0.3 is 0 Å². The van der Waals surface area contributed by atoms with Crippen LogP contribution in [-0.4, -0.2) is 25.0 Å². The normalized spacial score (nSPS) is 16.8. The number of nitrogens with zero attached hydrogens (tertiary/aromatic N) is 1. The van der Waals surface area contributed by atoms with Crippen molar-refractivity contribution >= 4 is 11.6 Å². The lowest BCUT2D eigenvalue weighted by molar-refractivity contribution is -0.119. The molecule has 1 aromatic rings. The molecule has 0 saturated carbocycles. The van der Waals surface area contributed by atoms with Crippen LogP contribution in [0.3, 0.4) is 0 Å². The zero-order chi connectivity index (χ0) is 12.3. The van der Waals surface area contributed by atoms with Gasteiger partial charge in [0.05, 0.1) is 0 Å². The van der Waals surface area contributed by atoms with Crippen molar-refractivity contribution in [1.82, 2.24) is 5.32 Å². The fourth-order valence-electron chi connectivity index (χ4n) is 2.38. The molecule has 0 spiro atoms. The number of aryl methyl sites for hydroxylation is 1. The topological polar surface area (TPSA) is 32.3 Å². The Morgan fingerprint density at radius 3 is 2.88 bits per heavy atom. The van der Waals surface area contributed by atoms with E-state index in [4.69, 9.17) is 0 Å². The highest BCUT2D eigenvalue weighted by atomic mass is 16.2. The highest BCUT2D eigenvalue weighted by molar-refractivity contribution is 5.96. The maximum absolute atomic E-state index is 12.0. The molecule has 0 bridgehead atoms. The molecule has 1 aliphatic heterocycles. The molecule has 1 aliphatic rings. The van der Waals surface area contributed by atoms with Crippen molar-refractivity contribution in [2.75, 3.05) is 18.0 Å². The number of rotatable bonds is 4. The van der Waals surface area contributed by atoms with Gasteiger partial charge in [-0.25, -0.2) is 0 Å². The molecule has 1 aromatic carbocycles. The van der Waals surface area contributed by atoms with Gasteiger partial charge in [-0.1, -0.05) is 25.1 Å². The van der Waals surface area contributed by atoms with Crippen LogP contribution in [0.5, 0.6) is 0 Å². The summed E-state index contributed by atoms with van der Waals surface area (Å²) in [6, 6.07) is 8.54. The predicted molar refractivity (Wildman–Crippen MR) is 70.3 cm³/mol. The third-order valence-corrected chi connectivity index (χ3v) is 3.20. The van der Waals surface area contributed by atoms with Gasteiger partial charge in [0.1, 0.15) is 0 Å². The third kappa shape index (κ3) is 2.67. The molecule has 92 valence electrons. The Labute approximate surface area is 103 Å². The summed E-state index contributed by atoms with van der Waals surface area (Å²) in [5, 5.41) is 3.35. The smallest absolute Gasteiger partial charge is 0.227 e. The lowest BCUT2D eigenvalue weighted by Crippen LogP contribution is -2.44. The number of likely N-dealkylation sites (N-methyl/N-ethyl adjacent to an activating group) is 1. The van der Waals surface area contributed by atoms with Gasteiger partial charge in [0.15, 0.2) is 0 Å². The van der Waals surface area contributed by atoms with Gasteiger partial charge in [0.25, 0.3) is 0 Å². The zero-order valence-electron chi connectivity index (χ0n) is 10.6. The average molecular weight is 232 g/mol. The van der Waals surface area contributed by atoms with Gasteiger partial charge in [0.2, 0.25) is 5.91 Å². The average Bonchev–Trinajstić information content (AvgIpc) is 2.33. The number of amides is 1. The number of hydrogen-bond acceptors (Lipinski definition) is 2. The molecule has 1 heterocycles. The zero-order valence-corrected chi connectivity index (χ0v) is 10.6. The minimum atomic E-state index is 0.244. The van der Waals surface area contributed by atoms with Gasteiger partial charge in [-0.15, -0.1) is 0 Å². The molecule has 3 heteroatoms. The predicted octanol–water partition coefficient (Wildman–Crippen LogP) is 1.96. The van der Waals surface area contributed by atoms with Crippen LogP contribution in [0, 0.1) is 0 Å². The van der Waals surface area contributed by atoms with E-state index in [9.17, 15) is 4.79 Å². The number of benzene rings is 1. The van der Waals surface area contributed by atoms with Crippen LogP contribution >= 0.6 is 0 Å². The SMILES string of the molecule is CCNC(C)CN1C(=O)CCc2ccccc21. The summed E-state index contributed by atoms with van der Waals surface area (Å²) in [5.74, 6) is 0.244. The maximum Gasteiger partial charge on any atom is 0.227 e. The molecule has 1 unspecified atom stereocenters. The van der Waals surface area contributed by atoms with E-state index >= 15 is 0 Å². The van der Waals surface area contributed by atoms with Crippen molar-refractivity contribution in [3.8, 4) is 0 Å². The highest BCUT2D eigenvalue weighted by Gasteiger charge is 2.24. The molecule has 2 rings (SSSR count). The second-order valence-electron chi connectivity index (χ2n) is 4.59. The first-order chi connectivity index (χ1) is 8.22. The quantitative estimate of drug-likeness (QED) is 0.860. The minimum absolute atomic E-state index is 0.244. The van der Waals surface area contributed by atoms with Crippen LogP contribution in [0.4, 0.5) is 5.69 Å². The molecule has 3 nitrogen and oxygen atoms in total. The van der Waals surface area contributed by atoms with Crippen molar-refractivity contribution < 1.29 is 4.79 Å². The fourth-order valence-corrected chi connectivity index (χ4v) is 2.38. The molecular weight excluding hydrogens is 212 g/mol. The van der Waals surface area contributed by atoms with Crippen LogP contribution in [0.25, 0.3) is 0 Å². The standard InChI is InChI=1S/C14H20N2O/c1-3-15-11(2)10-16-13-7-5-4-6-12(13)8-9-14(16)17/h4-7,11,15H,3,8-10H2,1-2H3. The van der Waals surface area contributed by atoms with Gasteiger partial charge in [-0.3, -0.25) is 4.79 Å². The molecule has 17 heavy (non-hydrogen) atoms. The fraction of sp³-hybridized carbons (Fsp3) is 0.500. The van der Waals surface area contributed by atoms with E-state index in [0.29, 0.717) is 12.5 Å². The third-order valence-electron chi connectivity index (χ3n) is 3.20. The Hall–Kier alpha value is -1.35. The van der Waals surface area contributed by atoms with Crippen molar-refractivity contribution in [3.63, 3.8) is 0 Å². The second-order valence-corrected chi connectivity index (χ2v) is 4.59. The van der Waals surface area contributed by atoms with Gasteiger partial charge in [-0.05, 0) is 31.5 Å². The number of carbonyl (C=O) groups excluding carboxylic acids is 1. The molecular formula is C14H20N2O. The Morgan fingerprint density at radius 1 is 1.35 bits per heavy atom. The number of hydrogen-bond donors (Lipinski definition) is 1. The first-order valence-corrected chi connectivity index (χ1v) is 6.34. The van der Waals surface area contributed by atoms with Gasteiger partial charge in [-0.2, -0.15) is 0 Å². The Bertz CT molecular complexity index is 403. The van der Waals surface area contributed by atoms with Crippen molar-refractivity contribution in [1.29, 1.82) is 0 Å². The summed E-state index contributed by atoms with van der Waals surface area (Å²) in [7, 11) is 0. The molecule has 0 aliphatic carbocycles. The van der Waals surface area contributed by atoms with Crippen LogP contribution in [-0.2, 0) is 11.2 Å². The molecule has 1 amide bonds. The lowest BCUT2D eigenvalue weighted by Gasteiger charge is -2.31. The Balaban J connectivity index is 2.18. The molecule has 0 radical (unpaired) electrons. The van der Waals surface area contributed by atoms with E-state index < -0.39 is 0 Å². The van der Waals surface area contributed by atoms with Crippen molar-refractivity contribution in [2.24, 2.45) is 0 Å². The van der Waals surface area contributed by atoms with E-state index in [0.717, 1.165) is 25.2 Å². The highest BCUT2D eigenvalue weighted by Crippen LogP contribution is 2.27. The number of nitrogens with one attached hydrogen (secondary N) is 1. The molecule has 0 fully saturated rings. The molecule has 0 saturated heterocycles. The van der Waals surface area contributed by atoms with E-state index in [2.05, 4.69) is 25.2 Å². The summed E-state index contributed by atoms with van der Waals surface area (Å²) in [6.07, 6.45) is 1.51. The van der Waals surface area contributed by atoms with E-state index in [1.54, 1.807) is 0 Å². The first kappa shape index (κ1) is 12.1. The minimum Gasteiger partial charge on any atom is -0.313 e. The first-order valence-electron chi connectivity index (χ1n) is 6.34. The Morgan fingerprint density at radius 2 is 2.12 bits per heavy atom. The molecule has 0 aromatic heterocycles. The number of fused-ring (bicyclic) bond motifs is 1. The van der Waals surface area contributed by atoms with Gasteiger partial charge in [0, 0.05) is 24.7 Å². The largest absolute Gasteiger partial charge is 0.313 e. The van der Waals surface area contributed by atoms with Crippen LogP contribution < -0.4 is 10.2 Å². The lowest BCUT2D eigenvalue weighted by atomic mass is 10.0. The summed E-state index contributed by atoms with van der Waals surface area (Å²) >= 11 is 0. The maximum atomic E-state index is 12.0. The number of carbonyl (C=O) groups is 1. The summed E-state index contributed by atoms with van der Waals surface area (Å²) < 4.78 is 0. The van der Waals surface area contributed by atoms with E-state index in [1.165, 1.54) is 5.56 Å². The van der Waals surface area contributed by atoms with Gasteiger partial charge < -0.3 is 10.2 Å². The number of anilines is 1.